The van der Waals surface area contributed by atoms with E-state index in [1.165, 1.54) is 0 Å². The summed E-state index contributed by atoms with van der Waals surface area (Å²) in [7, 11) is 1.60. The van der Waals surface area contributed by atoms with Gasteiger partial charge in [-0.15, -0.1) is 0 Å². The van der Waals surface area contributed by atoms with Crippen LogP contribution in [0.5, 0.6) is 0 Å². The van der Waals surface area contributed by atoms with E-state index >= 15 is 0 Å². The molecule has 0 radical (unpaired) electrons. The number of rotatable bonds is 6. The maximum absolute atomic E-state index is 12.2. The van der Waals surface area contributed by atoms with Crippen molar-refractivity contribution in [3.63, 3.8) is 0 Å². The molecule has 0 aromatic heterocycles. The third kappa shape index (κ3) is 3.43. The first-order valence-electron chi connectivity index (χ1n) is 6.10. The van der Waals surface area contributed by atoms with E-state index in [0.717, 1.165) is 0 Å². The monoisotopic (exact) mass is 258 g/mol. The Kier molecular flexibility index (Phi) is 5.10. The molecule has 0 aliphatic carbocycles. The van der Waals surface area contributed by atoms with Gasteiger partial charge in [-0.3, -0.25) is 9.59 Å². The number of nitrogens with one attached hydrogen (secondary N) is 1. The zero-order chi connectivity index (χ0) is 13.8. The van der Waals surface area contributed by atoms with Crippen LogP contribution in [-0.2, 0) is 19.1 Å². The van der Waals surface area contributed by atoms with Crippen molar-refractivity contribution in [2.24, 2.45) is 0 Å². The highest BCUT2D eigenvalue weighted by Crippen LogP contribution is 2.17. The maximum Gasteiger partial charge on any atom is 0.248 e. The van der Waals surface area contributed by atoms with E-state index in [4.69, 9.17) is 9.47 Å². The van der Waals surface area contributed by atoms with Gasteiger partial charge in [0, 0.05) is 13.7 Å². The molecule has 1 rings (SSSR count). The predicted molar refractivity (Wildman–Crippen MR) is 66.1 cm³/mol. The summed E-state index contributed by atoms with van der Waals surface area (Å²) >= 11 is 0. The molecule has 104 valence electrons. The van der Waals surface area contributed by atoms with Crippen molar-refractivity contribution in [3.05, 3.63) is 0 Å². The fraction of sp³-hybridized carbons (Fsp3) is 0.833. The van der Waals surface area contributed by atoms with E-state index in [9.17, 15) is 9.59 Å². The molecule has 0 saturated carbocycles. The number of carbonyl (C=O) groups is 2. The summed E-state index contributed by atoms with van der Waals surface area (Å²) in [5.41, 5.74) is -0.837. The number of ether oxygens (including phenoxy) is 2. The minimum absolute atomic E-state index is 0.0788. The van der Waals surface area contributed by atoms with Crippen LogP contribution in [0.2, 0.25) is 0 Å². The van der Waals surface area contributed by atoms with E-state index < -0.39 is 11.6 Å². The van der Waals surface area contributed by atoms with E-state index in [1.54, 1.807) is 32.8 Å². The van der Waals surface area contributed by atoms with Gasteiger partial charge in [0.15, 0.2) is 0 Å². The lowest BCUT2D eigenvalue weighted by molar-refractivity contribution is -0.153. The second-order valence-electron chi connectivity index (χ2n) is 4.89. The van der Waals surface area contributed by atoms with Crippen LogP contribution < -0.4 is 5.32 Å². The molecule has 2 amide bonds. The summed E-state index contributed by atoms with van der Waals surface area (Å²) in [6.45, 7) is 6.97. The molecule has 0 bridgehead atoms. The molecule has 1 aliphatic heterocycles. The van der Waals surface area contributed by atoms with Gasteiger partial charge in [-0.2, -0.15) is 0 Å². The Morgan fingerprint density at radius 2 is 1.94 bits per heavy atom. The standard InChI is InChI=1S/C12H22N2O4/c1-9-10(15)13-12(2,3)11(16)14(9)5-6-18-8-7-17-4/h9H,5-8H2,1-4H3,(H,13,15). The summed E-state index contributed by atoms with van der Waals surface area (Å²) in [5, 5.41) is 2.70. The normalized spacial score (nSPS) is 23.1. The summed E-state index contributed by atoms with van der Waals surface area (Å²) in [6.07, 6.45) is 0. The van der Waals surface area contributed by atoms with E-state index in [0.29, 0.717) is 26.4 Å². The Labute approximate surface area is 108 Å². The maximum atomic E-state index is 12.2. The molecule has 6 nitrogen and oxygen atoms in total. The number of amides is 2. The molecular weight excluding hydrogens is 236 g/mol. The van der Waals surface area contributed by atoms with E-state index in [-0.39, 0.29) is 11.8 Å². The zero-order valence-electron chi connectivity index (χ0n) is 11.5. The minimum Gasteiger partial charge on any atom is -0.382 e. The highest BCUT2D eigenvalue weighted by Gasteiger charge is 2.42. The minimum atomic E-state index is -0.837. The first-order valence-corrected chi connectivity index (χ1v) is 6.10. The summed E-state index contributed by atoms with van der Waals surface area (Å²) in [4.78, 5) is 25.5. The molecule has 0 spiro atoms. The topological polar surface area (TPSA) is 67.9 Å². The van der Waals surface area contributed by atoms with Crippen LogP contribution in [0.25, 0.3) is 0 Å². The van der Waals surface area contributed by atoms with Crippen LogP contribution in [-0.4, -0.2) is 61.8 Å². The van der Waals surface area contributed by atoms with Crippen molar-refractivity contribution in [1.29, 1.82) is 0 Å². The number of carbonyl (C=O) groups excluding carboxylic acids is 2. The van der Waals surface area contributed by atoms with Gasteiger partial charge in [0.25, 0.3) is 0 Å². The van der Waals surface area contributed by atoms with Crippen LogP contribution in [0.15, 0.2) is 0 Å². The number of methoxy groups -OCH3 is 1. The summed E-state index contributed by atoms with van der Waals surface area (Å²) in [5.74, 6) is -0.207. The second kappa shape index (κ2) is 6.15. The Balaban J connectivity index is 2.50. The van der Waals surface area contributed by atoms with Gasteiger partial charge in [0.2, 0.25) is 11.8 Å². The molecule has 6 heteroatoms. The average molecular weight is 258 g/mol. The largest absolute Gasteiger partial charge is 0.382 e. The van der Waals surface area contributed by atoms with Crippen molar-refractivity contribution in [3.8, 4) is 0 Å². The molecule has 0 aromatic carbocycles. The Morgan fingerprint density at radius 1 is 1.28 bits per heavy atom. The van der Waals surface area contributed by atoms with Crippen LogP contribution in [0.1, 0.15) is 20.8 Å². The third-order valence-electron chi connectivity index (χ3n) is 2.99. The van der Waals surface area contributed by atoms with Crippen LogP contribution in [0, 0.1) is 0 Å². The predicted octanol–water partition coefficient (Wildman–Crippen LogP) is -0.225. The van der Waals surface area contributed by atoms with Crippen molar-refractivity contribution >= 4 is 11.8 Å². The molecule has 1 aliphatic rings. The van der Waals surface area contributed by atoms with E-state index in [1.807, 2.05) is 0 Å². The number of hydrogen-bond acceptors (Lipinski definition) is 4. The molecule has 1 unspecified atom stereocenters. The van der Waals surface area contributed by atoms with Crippen LogP contribution >= 0.6 is 0 Å². The van der Waals surface area contributed by atoms with Gasteiger partial charge in [-0.25, -0.2) is 0 Å². The quantitative estimate of drug-likeness (QED) is 0.669. The third-order valence-corrected chi connectivity index (χ3v) is 2.99. The number of hydrogen-bond donors (Lipinski definition) is 1. The van der Waals surface area contributed by atoms with Gasteiger partial charge in [-0.1, -0.05) is 0 Å². The van der Waals surface area contributed by atoms with Crippen molar-refractivity contribution in [2.45, 2.75) is 32.4 Å². The zero-order valence-corrected chi connectivity index (χ0v) is 11.5. The van der Waals surface area contributed by atoms with Gasteiger partial charge in [-0.05, 0) is 20.8 Å². The van der Waals surface area contributed by atoms with Crippen LogP contribution in [0.4, 0.5) is 0 Å². The van der Waals surface area contributed by atoms with Gasteiger partial charge in [0.1, 0.15) is 11.6 Å². The van der Waals surface area contributed by atoms with Crippen molar-refractivity contribution in [1.82, 2.24) is 10.2 Å². The van der Waals surface area contributed by atoms with Gasteiger partial charge >= 0.3 is 0 Å². The molecule has 1 heterocycles. The van der Waals surface area contributed by atoms with Gasteiger partial charge < -0.3 is 19.7 Å². The van der Waals surface area contributed by atoms with Crippen molar-refractivity contribution < 1.29 is 19.1 Å². The molecular formula is C12H22N2O4. The lowest BCUT2D eigenvalue weighted by Crippen LogP contribution is -2.67. The molecule has 1 N–H and O–H groups in total. The molecule has 1 fully saturated rings. The molecule has 1 saturated heterocycles. The second-order valence-corrected chi connectivity index (χ2v) is 4.89. The first-order chi connectivity index (χ1) is 8.40. The SMILES string of the molecule is COCCOCCN1C(=O)C(C)(C)NC(=O)C1C. The smallest absolute Gasteiger partial charge is 0.248 e. The van der Waals surface area contributed by atoms with E-state index in [2.05, 4.69) is 5.32 Å². The lowest BCUT2D eigenvalue weighted by atomic mass is 9.97. The fourth-order valence-corrected chi connectivity index (χ4v) is 1.84. The number of piperazine rings is 1. The Morgan fingerprint density at radius 3 is 2.56 bits per heavy atom. The summed E-state index contributed by atoms with van der Waals surface area (Å²) < 4.78 is 10.2. The fourth-order valence-electron chi connectivity index (χ4n) is 1.84. The summed E-state index contributed by atoms with van der Waals surface area (Å²) in [6, 6.07) is -0.448. The Hall–Kier alpha value is -1.14. The molecule has 1 atom stereocenters. The highest BCUT2D eigenvalue weighted by atomic mass is 16.5. The van der Waals surface area contributed by atoms with Gasteiger partial charge in [0.05, 0.1) is 19.8 Å². The highest BCUT2D eigenvalue weighted by molar-refractivity contribution is 5.99. The molecule has 0 aromatic rings. The lowest BCUT2D eigenvalue weighted by Gasteiger charge is -2.41. The van der Waals surface area contributed by atoms with Crippen molar-refractivity contribution in [2.75, 3.05) is 33.5 Å². The average Bonchev–Trinajstić information content (AvgIpc) is 2.30. The first kappa shape index (κ1) is 14.9. The molecule has 18 heavy (non-hydrogen) atoms. The Bertz CT molecular complexity index is 317. The van der Waals surface area contributed by atoms with Crippen LogP contribution in [0.3, 0.4) is 0 Å². The number of nitrogens with zero attached hydrogens (tertiary/aromatic N) is 1.